The predicted octanol–water partition coefficient (Wildman–Crippen LogP) is 4.22. The number of nitrogens with zero attached hydrogens (tertiary/aromatic N) is 2. The molecule has 0 bridgehead atoms. The van der Waals surface area contributed by atoms with Gasteiger partial charge in [-0.05, 0) is 42.7 Å². The van der Waals surface area contributed by atoms with Gasteiger partial charge >= 0.3 is 0 Å². The monoisotopic (exact) mass is 286 g/mol. The molecule has 1 unspecified atom stereocenters. The van der Waals surface area contributed by atoms with E-state index in [2.05, 4.69) is 31.7 Å². The van der Waals surface area contributed by atoms with Crippen molar-refractivity contribution in [3.63, 3.8) is 0 Å². The number of benzene rings is 1. The number of hydrogen-bond acceptors (Lipinski definition) is 3. The summed E-state index contributed by atoms with van der Waals surface area (Å²) in [5.41, 5.74) is 2.12. The van der Waals surface area contributed by atoms with Gasteiger partial charge in [0.2, 0.25) is 0 Å². The molecule has 1 aliphatic rings. The highest BCUT2D eigenvalue weighted by Gasteiger charge is 2.27. The number of ether oxygens (including phenoxy) is 1. The molecule has 0 radical (unpaired) electrons. The average molecular weight is 286 g/mol. The zero-order chi connectivity index (χ0) is 15.5. The van der Waals surface area contributed by atoms with Crippen molar-refractivity contribution in [2.24, 2.45) is 11.3 Å². The quantitative estimate of drug-likeness (QED) is 0.816. The van der Waals surface area contributed by atoms with E-state index < -0.39 is 0 Å². The first-order valence-electron chi connectivity index (χ1n) is 7.79. The maximum Gasteiger partial charge on any atom is 0.121 e. The van der Waals surface area contributed by atoms with E-state index in [1.807, 2.05) is 18.2 Å². The molecule has 1 fully saturated rings. The van der Waals surface area contributed by atoms with Crippen LogP contribution in [0.4, 0.5) is 5.69 Å². The van der Waals surface area contributed by atoms with Gasteiger partial charge in [-0.3, -0.25) is 0 Å². The van der Waals surface area contributed by atoms with Gasteiger partial charge in [-0.15, -0.1) is 0 Å². The topological polar surface area (TPSA) is 36.3 Å². The highest BCUT2D eigenvalue weighted by atomic mass is 16.5. The lowest BCUT2D eigenvalue weighted by atomic mass is 9.77. The Hall–Kier alpha value is -1.69. The summed E-state index contributed by atoms with van der Waals surface area (Å²) < 4.78 is 5.32. The van der Waals surface area contributed by atoms with Crippen LogP contribution in [-0.4, -0.2) is 20.2 Å². The van der Waals surface area contributed by atoms with Crippen LogP contribution >= 0.6 is 0 Å². The molecule has 3 nitrogen and oxygen atoms in total. The fourth-order valence-corrected chi connectivity index (χ4v) is 3.20. The predicted molar refractivity (Wildman–Crippen MR) is 86.7 cm³/mol. The first-order chi connectivity index (χ1) is 9.95. The number of nitriles is 1. The summed E-state index contributed by atoms with van der Waals surface area (Å²) in [5.74, 6) is 1.57. The highest BCUT2D eigenvalue weighted by Crippen LogP contribution is 2.36. The molecule has 21 heavy (non-hydrogen) atoms. The van der Waals surface area contributed by atoms with Crippen molar-refractivity contribution in [3.8, 4) is 11.8 Å². The Balaban J connectivity index is 2.21. The van der Waals surface area contributed by atoms with Gasteiger partial charge in [0, 0.05) is 19.2 Å². The minimum atomic E-state index is 0.364. The summed E-state index contributed by atoms with van der Waals surface area (Å²) in [6.07, 6.45) is 3.64. The minimum absolute atomic E-state index is 0.364. The molecule has 3 heteroatoms. The Labute approximate surface area is 128 Å². The Morgan fingerprint density at radius 1 is 1.24 bits per heavy atom. The Bertz CT molecular complexity index is 525. The van der Waals surface area contributed by atoms with E-state index in [4.69, 9.17) is 4.74 Å². The van der Waals surface area contributed by atoms with E-state index in [0.717, 1.165) is 36.0 Å². The molecule has 0 N–H and O–H groups in total. The third-order valence-electron chi connectivity index (χ3n) is 4.62. The number of methoxy groups -OCH3 is 1. The van der Waals surface area contributed by atoms with Crippen molar-refractivity contribution in [3.05, 3.63) is 23.8 Å². The largest absolute Gasteiger partial charge is 0.497 e. The van der Waals surface area contributed by atoms with Gasteiger partial charge in [0.15, 0.2) is 0 Å². The van der Waals surface area contributed by atoms with Gasteiger partial charge in [-0.2, -0.15) is 5.26 Å². The van der Waals surface area contributed by atoms with Gasteiger partial charge in [0.1, 0.15) is 11.8 Å². The first-order valence-corrected chi connectivity index (χ1v) is 7.79. The SMILES string of the molecule is COc1ccc(C#N)c(N2CCCC(C(C)(C)C)CC2)c1. The molecule has 1 heterocycles. The van der Waals surface area contributed by atoms with Crippen LogP contribution in [-0.2, 0) is 0 Å². The summed E-state index contributed by atoms with van der Waals surface area (Å²) in [4.78, 5) is 2.35. The molecule has 1 aromatic rings. The molecule has 0 aromatic heterocycles. The summed E-state index contributed by atoms with van der Waals surface area (Å²) in [7, 11) is 1.67. The lowest BCUT2D eigenvalue weighted by Crippen LogP contribution is -2.26. The Kier molecular flexibility index (Phi) is 4.77. The van der Waals surface area contributed by atoms with Crippen molar-refractivity contribution in [2.75, 3.05) is 25.1 Å². The molecule has 0 spiro atoms. The fraction of sp³-hybridized carbons (Fsp3) is 0.611. The van der Waals surface area contributed by atoms with Gasteiger partial charge in [-0.1, -0.05) is 20.8 Å². The second-order valence-corrected chi connectivity index (χ2v) is 6.98. The number of anilines is 1. The third-order valence-corrected chi connectivity index (χ3v) is 4.62. The minimum Gasteiger partial charge on any atom is -0.497 e. The van der Waals surface area contributed by atoms with E-state index in [-0.39, 0.29) is 0 Å². The summed E-state index contributed by atoms with van der Waals surface area (Å²) in [6.45, 7) is 9.04. The van der Waals surface area contributed by atoms with Crippen LogP contribution in [0.1, 0.15) is 45.6 Å². The number of hydrogen-bond donors (Lipinski definition) is 0. The molecule has 1 aromatic carbocycles. The number of rotatable bonds is 2. The van der Waals surface area contributed by atoms with Crippen molar-refractivity contribution < 1.29 is 4.74 Å². The van der Waals surface area contributed by atoms with Crippen LogP contribution in [0.15, 0.2) is 18.2 Å². The van der Waals surface area contributed by atoms with Crippen LogP contribution < -0.4 is 9.64 Å². The Morgan fingerprint density at radius 3 is 2.62 bits per heavy atom. The Morgan fingerprint density at radius 2 is 2.00 bits per heavy atom. The van der Waals surface area contributed by atoms with Gasteiger partial charge in [0.25, 0.3) is 0 Å². The van der Waals surface area contributed by atoms with Gasteiger partial charge in [0.05, 0.1) is 18.4 Å². The highest BCUT2D eigenvalue weighted by molar-refractivity contribution is 5.62. The van der Waals surface area contributed by atoms with E-state index >= 15 is 0 Å². The van der Waals surface area contributed by atoms with E-state index in [1.165, 1.54) is 19.3 Å². The molecule has 0 amide bonds. The molecular formula is C18H26N2O. The van der Waals surface area contributed by atoms with Gasteiger partial charge in [-0.25, -0.2) is 0 Å². The smallest absolute Gasteiger partial charge is 0.121 e. The van der Waals surface area contributed by atoms with Crippen molar-refractivity contribution in [1.82, 2.24) is 0 Å². The van der Waals surface area contributed by atoms with Crippen LogP contribution in [0.2, 0.25) is 0 Å². The normalized spacial score (nSPS) is 19.8. The van der Waals surface area contributed by atoms with Crippen LogP contribution in [0.5, 0.6) is 5.75 Å². The third kappa shape index (κ3) is 3.69. The molecule has 1 saturated heterocycles. The maximum atomic E-state index is 9.35. The fourth-order valence-electron chi connectivity index (χ4n) is 3.20. The lowest BCUT2D eigenvalue weighted by molar-refractivity contribution is 0.220. The lowest BCUT2D eigenvalue weighted by Gasteiger charge is -2.30. The van der Waals surface area contributed by atoms with Crippen LogP contribution in [0.25, 0.3) is 0 Å². The molecule has 2 rings (SSSR count). The van der Waals surface area contributed by atoms with Crippen LogP contribution in [0, 0.1) is 22.7 Å². The molecule has 0 aliphatic carbocycles. The van der Waals surface area contributed by atoms with Crippen molar-refractivity contribution in [2.45, 2.75) is 40.0 Å². The summed E-state index contributed by atoms with van der Waals surface area (Å²) in [6, 6.07) is 8.03. The van der Waals surface area contributed by atoms with Gasteiger partial charge < -0.3 is 9.64 Å². The zero-order valence-corrected chi connectivity index (χ0v) is 13.6. The second-order valence-electron chi connectivity index (χ2n) is 6.98. The molecule has 114 valence electrons. The van der Waals surface area contributed by atoms with Crippen LogP contribution in [0.3, 0.4) is 0 Å². The molecular weight excluding hydrogens is 260 g/mol. The van der Waals surface area contributed by atoms with E-state index in [0.29, 0.717) is 5.41 Å². The zero-order valence-electron chi connectivity index (χ0n) is 13.6. The van der Waals surface area contributed by atoms with E-state index in [9.17, 15) is 5.26 Å². The van der Waals surface area contributed by atoms with Crippen molar-refractivity contribution in [1.29, 1.82) is 5.26 Å². The van der Waals surface area contributed by atoms with Crippen molar-refractivity contribution >= 4 is 5.69 Å². The molecule has 1 aliphatic heterocycles. The summed E-state index contributed by atoms with van der Waals surface area (Å²) >= 11 is 0. The molecule has 0 saturated carbocycles. The maximum absolute atomic E-state index is 9.35. The first kappa shape index (κ1) is 15.7. The average Bonchev–Trinajstić information content (AvgIpc) is 2.72. The summed E-state index contributed by atoms with van der Waals surface area (Å²) in [5, 5.41) is 9.35. The standard InChI is InChI=1S/C18H26N2O/c1-18(2,3)15-6-5-10-20(11-9-15)17-12-16(21-4)8-7-14(17)13-19/h7-8,12,15H,5-6,9-11H2,1-4H3. The van der Waals surface area contributed by atoms with E-state index in [1.54, 1.807) is 7.11 Å². The second kappa shape index (κ2) is 6.39. The molecule has 1 atom stereocenters.